The lowest BCUT2D eigenvalue weighted by Gasteiger charge is -2.03. The van der Waals surface area contributed by atoms with Crippen LogP contribution in [0, 0.1) is 5.82 Å². The Labute approximate surface area is 76.4 Å². The third-order valence-corrected chi connectivity index (χ3v) is 2.07. The molecule has 0 aliphatic carbocycles. The standard InChI is InChI=1S/C9H12FNS/c1-12-6-5-11-9-4-2-3-8(10)7-9/h2-4,7,11H,5-6H2,1H3. The van der Waals surface area contributed by atoms with Crippen molar-refractivity contribution < 1.29 is 4.39 Å². The van der Waals surface area contributed by atoms with Crippen LogP contribution in [0.15, 0.2) is 24.3 Å². The molecule has 0 radical (unpaired) electrons. The largest absolute Gasteiger partial charge is 0.384 e. The Morgan fingerprint density at radius 1 is 1.50 bits per heavy atom. The van der Waals surface area contributed by atoms with E-state index in [1.54, 1.807) is 17.8 Å². The Hall–Kier alpha value is -0.700. The van der Waals surface area contributed by atoms with E-state index >= 15 is 0 Å². The van der Waals surface area contributed by atoms with E-state index < -0.39 is 0 Å². The third-order valence-electron chi connectivity index (χ3n) is 1.46. The van der Waals surface area contributed by atoms with Crippen molar-refractivity contribution in [3.05, 3.63) is 30.1 Å². The lowest BCUT2D eigenvalue weighted by Crippen LogP contribution is -2.03. The molecule has 0 saturated carbocycles. The highest BCUT2D eigenvalue weighted by Crippen LogP contribution is 2.08. The Kier molecular flexibility index (Phi) is 3.94. The molecule has 0 aromatic heterocycles. The van der Waals surface area contributed by atoms with Crippen LogP contribution in [0.25, 0.3) is 0 Å². The summed E-state index contributed by atoms with van der Waals surface area (Å²) in [7, 11) is 0. The summed E-state index contributed by atoms with van der Waals surface area (Å²) in [5, 5.41) is 3.13. The minimum atomic E-state index is -0.191. The molecule has 0 aliphatic rings. The number of hydrogen-bond acceptors (Lipinski definition) is 2. The van der Waals surface area contributed by atoms with Gasteiger partial charge in [0.05, 0.1) is 0 Å². The molecule has 0 spiro atoms. The van der Waals surface area contributed by atoms with E-state index in [1.165, 1.54) is 12.1 Å². The Morgan fingerprint density at radius 3 is 3.00 bits per heavy atom. The molecule has 0 aliphatic heterocycles. The second kappa shape index (κ2) is 5.04. The van der Waals surface area contributed by atoms with Crippen molar-refractivity contribution in [2.45, 2.75) is 0 Å². The third kappa shape index (κ3) is 3.13. The Bertz CT molecular complexity index is 240. The first kappa shape index (κ1) is 9.39. The Balaban J connectivity index is 2.41. The zero-order chi connectivity index (χ0) is 8.81. The molecule has 1 N–H and O–H groups in total. The average molecular weight is 185 g/mol. The number of anilines is 1. The molecule has 1 rings (SSSR count). The van der Waals surface area contributed by atoms with E-state index in [1.807, 2.05) is 12.3 Å². The predicted octanol–water partition coefficient (Wildman–Crippen LogP) is 2.60. The minimum Gasteiger partial charge on any atom is -0.384 e. The van der Waals surface area contributed by atoms with Crippen molar-refractivity contribution in [1.29, 1.82) is 0 Å². The van der Waals surface area contributed by atoms with Gasteiger partial charge >= 0.3 is 0 Å². The van der Waals surface area contributed by atoms with Gasteiger partial charge in [0.15, 0.2) is 0 Å². The summed E-state index contributed by atoms with van der Waals surface area (Å²) >= 11 is 1.77. The van der Waals surface area contributed by atoms with Gasteiger partial charge in [0.25, 0.3) is 0 Å². The van der Waals surface area contributed by atoms with E-state index in [9.17, 15) is 4.39 Å². The van der Waals surface area contributed by atoms with Gasteiger partial charge in [-0.25, -0.2) is 4.39 Å². The summed E-state index contributed by atoms with van der Waals surface area (Å²) in [6.45, 7) is 0.880. The number of nitrogens with one attached hydrogen (secondary N) is 1. The van der Waals surface area contributed by atoms with Gasteiger partial charge in [-0.1, -0.05) is 6.07 Å². The molecule has 66 valence electrons. The van der Waals surface area contributed by atoms with Crippen LogP contribution < -0.4 is 5.32 Å². The van der Waals surface area contributed by atoms with Gasteiger partial charge in [-0.05, 0) is 24.5 Å². The first-order chi connectivity index (χ1) is 5.83. The van der Waals surface area contributed by atoms with Crippen molar-refractivity contribution in [1.82, 2.24) is 0 Å². The van der Waals surface area contributed by atoms with E-state index in [2.05, 4.69) is 5.32 Å². The number of hydrogen-bond donors (Lipinski definition) is 1. The van der Waals surface area contributed by atoms with Crippen molar-refractivity contribution in [2.24, 2.45) is 0 Å². The van der Waals surface area contributed by atoms with Crippen molar-refractivity contribution in [3.8, 4) is 0 Å². The molecule has 0 bridgehead atoms. The molecule has 0 atom stereocenters. The highest BCUT2D eigenvalue weighted by atomic mass is 32.2. The predicted molar refractivity (Wildman–Crippen MR) is 53.3 cm³/mol. The molecule has 0 saturated heterocycles. The maximum atomic E-state index is 12.6. The van der Waals surface area contributed by atoms with Crippen LogP contribution in [0.4, 0.5) is 10.1 Å². The van der Waals surface area contributed by atoms with Gasteiger partial charge in [-0.2, -0.15) is 11.8 Å². The quantitative estimate of drug-likeness (QED) is 0.724. The molecular weight excluding hydrogens is 173 g/mol. The molecule has 0 heterocycles. The fraction of sp³-hybridized carbons (Fsp3) is 0.333. The summed E-state index contributed by atoms with van der Waals surface area (Å²) in [6, 6.07) is 6.51. The number of benzene rings is 1. The first-order valence-corrected chi connectivity index (χ1v) is 5.20. The number of thioether (sulfide) groups is 1. The van der Waals surface area contributed by atoms with Gasteiger partial charge < -0.3 is 5.32 Å². The van der Waals surface area contributed by atoms with Crippen LogP contribution in [0.2, 0.25) is 0 Å². The van der Waals surface area contributed by atoms with Crippen molar-refractivity contribution in [2.75, 3.05) is 23.9 Å². The maximum absolute atomic E-state index is 12.6. The average Bonchev–Trinajstić information content (AvgIpc) is 2.05. The smallest absolute Gasteiger partial charge is 0.125 e. The fourth-order valence-corrected chi connectivity index (χ4v) is 1.20. The van der Waals surface area contributed by atoms with E-state index in [0.717, 1.165) is 18.0 Å². The molecule has 1 nitrogen and oxygen atoms in total. The minimum absolute atomic E-state index is 0.191. The molecule has 1 aromatic rings. The van der Waals surface area contributed by atoms with E-state index in [4.69, 9.17) is 0 Å². The second-order valence-electron chi connectivity index (χ2n) is 2.43. The molecule has 1 aromatic carbocycles. The lowest BCUT2D eigenvalue weighted by atomic mass is 10.3. The first-order valence-electron chi connectivity index (χ1n) is 3.81. The lowest BCUT2D eigenvalue weighted by molar-refractivity contribution is 0.628. The fourth-order valence-electron chi connectivity index (χ4n) is 0.896. The summed E-state index contributed by atoms with van der Waals surface area (Å²) in [6.07, 6.45) is 2.05. The number of rotatable bonds is 4. The highest BCUT2D eigenvalue weighted by Gasteiger charge is 1.92. The molecule has 0 unspecified atom stereocenters. The Morgan fingerprint density at radius 2 is 2.33 bits per heavy atom. The van der Waals surface area contributed by atoms with Gasteiger partial charge in [0.1, 0.15) is 5.82 Å². The van der Waals surface area contributed by atoms with Crippen LogP contribution in [-0.4, -0.2) is 18.6 Å². The van der Waals surface area contributed by atoms with E-state index in [-0.39, 0.29) is 5.82 Å². The van der Waals surface area contributed by atoms with Crippen LogP contribution in [0.1, 0.15) is 0 Å². The summed E-state index contributed by atoms with van der Waals surface area (Å²) in [5.74, 6) is 0.848. The van der Waals surface area contributed by atoms with Gasteiger partial charge in [-0.15, -0.1) is 0 Å². The summed E-state index contributed by atoms with van der Waals surface area (Å²) in [4.78, 5) is 0. The summed E-state index contributed by atoms with van der Waals surface area (Å²) in [5.41, 5.74) is 0.851. The van der Waals surface area contributed by atoms with E-state index in [0.29, 0.717) is 0 Å². The monoisotopic (exact) mass is 185 g/mol. The van der Waals surface area contributed by atoms with Crippen LogP contribution in [0.3, 0.4) is 0 Å². The van der Waals surface area contributed by atoms with Crippen LogP contribution >= 0.6 is 11.8 Å². The normalized spacial score (nSPS) is 9.83. The van der Waals surface area contributed by atoms with Gasteiger partial charge in [0, 0.05) is 18.0 Å². The second-order valence-corrected chi connectivity index (χ2v) is 3.42. The highest BCUT2D eigenvalue weighted by molar-refractivity contribution is 7.98. The number of halogens is 1. The molecule has 3 heteroatoms. The molecule has 12 heavy (non-hydrogen) atoms. The molecular formula is C9H12FNS. The SMILES string of the molecule is CSCCNc1cccc(F)c1. The van der Waals surface area contributed by atoms with Crippen molar-refractivity contribution >= 4 is 17.4 Å². The van der Waals surface area contributed by atoms with Gasteiger partial charge in [0.2, 0.25) is 0 Å². The van der Waals surface area contributed by atoms with Crippen molar-refractivity contribution in [3.63, 3.8) is 0 Å². The van der Waals surface area contributed by atoms with Crippen LogP contribution in [0.5, 0.6) is 0 Å². The molecule has 0 amide bonds. The maximum Gasteiger partial charge on any atom is 0.125 e. The van der Waals surface area contributed by atoms with Gasteiger partial charge in [-0.3, -0.25) is 0 Å². The van der Waals surface area contributed by atoms with Crippen LogP contribution in [-0.2, 0) is 0 Å². The zero-order valence-corrected chi connectivity index (χ0v) is 7.83. The zero-order valence-electron chi connectivity index (χ0n) is 7.01. The topological polar surface area (TPSA) is 12.0 Å². The summed E-state index contributed by atoms with van der Waals surface area (Å²) < 4.78 is 12.6. The molecule has 0 fully saturated rings.